The van der Waals surface area contributed by atoms with E-state index in [1.54, 1.807) is 0 Å². The summed E-state index contributed by atoms with van der Waals surface area (Å²) in [5.41, 5.74) is 4.51. The van der Waals surface area contributed by atoms with Crippen molar-refractivity contribution >= 4 is 5.69 Å². The number of halogens is 2. The largest absolute Gasteiger partial charge is 0.330 e. The number of hydrogen-bond donors (Lipinski definition) is 1. The quantitative estimate of drug-likeness (QED) is 0.618. The van der Waals surface area contributed by atoms with Crippen LogP contribution >= 0.6 is 0 Å². The Morgan fingerprint density at radius 2 is 2.20 bits per heavy atom. The molecule has 0 radical (unpaired) electrons. The topological polar surface area (TPSA) is 69.2 Å². The van der Waals surface area contributed by atoms with Crippen LogP contribution in [0.5, 0.6) is 0 Å². The fourth-order valence-corrected chi connectivity index (χ4v) is 1.18. The monoisotopic (exact) mass is 216 g/mol. The standard InChI is InChI=1S/C9H10F2N2O2/c10-7(3-4-12)6-1-2-8(11)9(5-6)13(14)15/h1-2,5,7H,3-4,12H2. The molecule has 0 aliphatic rings. The molecule has 6 heteroatoms. The van der Waals surface area contributed by atoms with E-state index in [0.29, 0.717) is 0 Å². The fraction of sp³-hybridized carbons (Fsp3) is 0.333. The van der Waals surface area contributed by atoms with Crippen LogP contribution in [0.3, 0.4) is 0 Å². The number of alkyl halides is 1. The van der Waals surface area contributed by atoms with Gasteiger partial charge in [0.1, 0.15) is 6.17 Å². The number of nitrogens with two attached hydrogens (primary N) is 1. The minimum atomic E-state index is -1.39. The lowest BCUT2D eigenvalue weighted by Gasteiger charge is -2.06. The molecule has 1 rings (SSSR count). The first kappa shape index (κ1) is 11.5. The molecule has 1 aromatic rings. The van der Waals surface area contributed by atoms with Gasteiger partial charge in [0.25, 0.3) is 0 Å². The summed E-state index contributed by atoms with van der Waals surface area (Å²) in [7, 11) is 0. The summed E-state index contributed by atoms with van der Waals surface area (Å²) in [5, 5.41) is 10.4. The minimum absolute atomic E-state index is 0.0583. The first-order chi connectivity index (χ1) is 7.06. The smallest absolute Gasteiger partial charge is 0.305 e. The summed E-state index contributed by atoms with van der Waals surface area (Å²) >= 11 is 0. The van der Waals surface area contributed by atoms with Crippen molar-refractivity contribution in [3.63, 3.8) is 0 Å². The van der Waals surface area contributed by atoms with Crippen LogP contribution in [0, 0.1) is 15.9 Å². The molecule has 0 bridgehead atoms. The third kappa shape index (κ3) is 2.69. The molecule has 0 aliphatic carbocycles. The molecule has 15 heavy (non-hydrogen) atoms. The van der Waals surface area contributed by atoms with Crippen LogP contribution in [-0.2, 0) is 0 Å². The highest BCUT2D eigenvalue weighted by Crippen LogP contribution is 2.26. The van der Waals surface area contributed by atoms with Crippen LogP contribution in [0.2, 0.25) is 0 Å². The molecule has 0 saturated heterocycles. The van der Waals surface area contributed by atoms with Gasteiger partial charge >= 0.3 is 5.69 Å². The molecule has 1 aromatic carbocycles. The van der Waals surface area contributed by atoms with E-state index in [2.05, 4.69) is 0 Å². The number of nitrogens with zero attached hydrogens (tertiary/aromatic N) is 1. The Morgan fingerprint density at radius 1 is 1.53 bits per heavy atom. The third-order valence-electron chi connectivity index (χ3n) is 1.95. The number of rotatable bonds is 4. The Morgan fingerprint density at radius 3 is 2.73 bits per heavy atom. The molecule has 1 unspecified atom stereocenters. The second-order valence-electron chi connectivity index (χ2n) is 3.01. The summed E-state index contributed by atoms with van der Waals surface area (Å²) in [6, 6.07) is 2.97. The van der Waals surface area contributed by atoms with Crippen LogP contribution in [0.1, 0.15) is 18.2 Å². The van der Waals surface area contributed by atoms with Crippen molar-refractivity contribution in [2.24, 2.45) is 5.73 Å². The molecule has 0 heterocycles. The van der Waals surface area contributed by atoms with E-state index in [1.165, 1.54) is 6.07 Å². The molecule has 0 amide bonds. The van der Waals surface area contributed by atoms with Crippen molar-refractivity contribution in [1.29, 1.82) is 0 Å². The SMILES string of the molecule is NCCC(F)c1ccc(F)c([N+](=O)[O-])c1. The van der Waals surface area contributed by atoms with Gasteiger partial charge < -0.3 is 5.73 Å². The van der Waals surface area contributed by atoms with E-state index in [1.807, 2.05) is 0 Å². The van der Waals surface area contributed by atoms with E-state index >= 15 is 0 Å². The van der Waals surface area contributed by atoms with Gasteiger partial charge in [0.2, 0.25) is 5.82 Å². The van der Waals surface area contributed by atoms with Crippen LogP contribution < -0.4 is 5.73 Å². The molecule has 2 N–H and O–H groups in total. The van der Waals surface area contributed by atoms with Crippen molar-refractivity contribution in [1.82, 2.24) is 0 Å². The van der Waals surface area contributed by atoms with Gasteiger partial charge in [0.15, 0.2) is 0 Å². The molecule has 0 saturated carbocycles. The number of nitro groups is 1. The van der Waals surface area contributed by atoms with Gasteiger partial charge in [-0.25, -0.2) is 4.39 Å². The zero-order valence-corrected chi connectivity index (χ0v) is 7.82. The summed E-state index contributed by atoms with van der Waals surface area (Å²) < 4.78 is 26.2. The van der Waals surface area contributed by atoms with Crippen LogP contribution in [-0.4, -0.2) is 11.5 Å². The van der Waals surface area contributed by atoms with Gasteiger partial charge in [0.05, 0.1) is 4.92 Å². The lowest BCUT2D eigenvalue weighted by molar-refractivity contribution is -0.387. The lowest BCUT2D eigenvalue weighted by Crippen LogP contribution is -2.04. The Balaban J connectivity index is 3.02. The summed E-state index contributed by atoms with van der Waals surface area (Å²) in [5.74, 6) is -0.969. The summed E-state index contributed by atoms with van der Waals surface area (Å²) in [6.45, 7) is 0.131. The third-order valence-corrected chi connectivity index (χ3v) is 1.95. The molecule has 82 valence electrons. The maximum absolute atomic E-state index is 13.3. The average molecular weight is 216 g/mol. The Kier molecular flexibility index (Phi) is 3.68. The maximum Gasteiger partial charge on any atom is 0.305 e. The second-order valence-corrected chi connectivity index (χ2v) is 3.01. The van der Waals surface area contributed by atoms with Crippen molar-refractivity contribution in [2.45, 2.75) is 12.6 Å². The zero-order valence-electron chi connectivity index (χ0n) is 7.82. The zero-order chi connectivity index (χ0) is 11.4. The Hall–Kier alpha value is -1.56. The minimum Gasteiger partial charge on any atom is -0.330 e. The van der Waals surface area contributed by atoms with E-state index in [9.17, 15) is 18.9 Å². The van der Waals surface area contributed by atoms with Gasteiger partial charge in [-0.05, 0) is 24.6 Å². The molecule has 0 fully saturated rings. The van der Waals surface area contributed by atoms with Crippen molar-refractivity contribution in [3.05, 3.63) is 39.7 Å². The van der Waals surface area contributed by atoms with Crippen molar-refractivity contribution in [3.8, 4) is 0 Å². The number of nitro benzene ring substituents is 1. The molecule has 0 spiro atoms. The molecule has 1 atom stereocenters. The normalized spacial score (nSPS) is 12.5. The predicted molar refractivity (Wildman–Crippen MR) is 50.6 cm³/mol. The van der Waals surface area contributed by atoms with Gasteiger partial charge in [-0.15, -0.1) is 0 Å². The lowest BCUT2D eigenvalue weighted by atomic mass is 10.1. The van der Waals surface area contributed by atoms with Crippen LogP contribution in [0.15, 0.2) is 18.2 Å². The summed E-state index contributed by atoms with van der Waals surface area (Å²) in [6.07, 6.45) is -1.34. The van der Waals surface area contributed by atoms with Gasteiger partial charge in [0, 0.05) is 6.07 Å². The highest BCUT2D eigenvalue weighted by molar-refractivity contribution is 5.37. The van der Waals surface area contributed by atoms with Gasteiger partial charge in [-0.1, -0.05) is 6.07 Å². The van der Waals surface area contributed by atoms with Crippen LogP contribution in [0.25, 0.3) is 0 Å². The molecule has 0 aliphatic heterocycles. The molecular formula is C9H10F2N2O2. The molecular weight excluding hydrogens is 206 g/mol. The van der Waals surface area contributed by atoms with Gasteiger partial charge in [-0.3, -0.25) is 10.1 Å². The first-order valence-corrected chi connectivity index (χ1v) is 4.34. The highest BCUT2D eigenvalue weighted by atomic mass is 19.1. The first-order valence-electron chi connectivity index (χ1n) is 4.34. The fourth-order valence-electron chi connectivity index (χ4n) is 1.18. The number of hydrogen-bond acceptors (Lipinski definition) is 3. The molecule has 0 aromatic heterocycles. The van der Waals surface area contributed by atoms with E-state index in [-0.39, 0.29) is 18.5 Å². The molecule has 4 nitrogen and oxygen atoms in total. The predicted octanol–water partition coefficient (Wildman–Crippen LogP) is 2.09. The number of benzene rings is 1. The van der Waals surface area contributed by atoms with Crippen molar-refractivity contribution < 1.29 is 13.7 Å². The van der Waals surface area contributed by atoms with Crippen LogP contribution in [0.4, 0.5) is 14.5 Å². The highest BCUT2D eigenvalue weighted by Gasteiger charge is 2.18. The van der Waals surface area contributed by atoms with E-state index < -0.39 is 22.6 Å². The maximum atomic E-state index is 13.3. The van der Waals surface area contributed by atoms with E-state index in [4.69, 9.17) is 5.73 Å². The Labute approximate surface area is 84.9 Å². The van der Waals surface area contributed by atoms with E-state index in [0.717, 1.165) is 12.1 Å². The summed E-state index contributed by atoms with van der Waals surface area (Å²) in [4.78, 5) is 9.49. The van der Waals surface area contributed by atoms with Gasteiger partial charge in [-0.2, -0.15) is 4.39 Å². The average Bonchev–Trinajstić information content (AvgIpc) is 2.18. The van der Waals surface area contributed by atoms with Crippen molar-refractivity contribution in [2.75, 3.05) is 6.54 Å². The Bertz CT molecular complexity index is 371. The second kappa shape index (κ2) is 4.79.